The molecule has 0 aromatic heterocycles. The quantitative estimate of drug-likeness (QED) is 0.894. The lowest BCUT2D eigenvalue weighted by Crippen LogP contribution is -2.43. The summed E-state index contributed by atoms with van der Waals surface area (Å²) in [5.74, 6) is -0.541. The average Bonchev–Trinajstić information content (AvgIpc) is 2.94. The molecule has 1 heterocycles. The lowest BCUT2D eigenvalue weighted by Gasteiger charge is -2.26. The summed E-state index contributed by atoms with van der Waals surface area (Å²) in [5, 5.41) is 4.38. The van der Waals surface area contributed by atoms with Gasteiger partial charge in [-0.1, -0.05) is 18.2 Å². The molecule has 0 radical (unpaired) electrons. The maximum atomic E-state index is 13.2. The molecule has 0 spiro atoms. The van der Waals surface area contributed by atoms with E-state index in [-0.39, 0.29) is 12.1 Å². The molecule has 0 bridgehead atoms. The Morgan fingerprint density at radius 2 is 2.00 bits per heavy atom. The standard InChI is InChI=1S/C15H18F3N3O2/c1-19-14(23)20-13(22)9-21-8-4-7-12(21)10-5-2-3-6-11(10)15(16,17)18/h2-3,5-6,12H,4,7-9H2,1H3,(H2,19,20,22,23)/t12-/m1/s1. The lowest BCUT2D eigenvalue weighted by atomic mass is 9.98. The number of urea groups is 1. The highest BCUT2D eigenvalue weighted by Crippen LogP contribution is 2.39. The molecule has 3 amide bonds. The van der Waals surface area contributed by atoms with Crippen molar-refractivity contribution in [2.45, 2.75) is 25.1 Å². The average molecular weight is 329 g/mol. The van der Waals surface area contributed by atoms with Crippen LogP contribution < -0.4 is 10.6 Å². The van der Waals surface area contributed by atoms with Gasteiger partial charge in [0.25, 0.3) is 0 Å². The molecule has 2 rings (SSSR count). The Labute approximate surface area is 131 Å². The van der Waals surface area contributed by atoms with E-state index >= 15 is 0 Å². The Morgan fingerprint density at radius 3 is 2.65 bits per heavy atom. The molecule has 1 fully saturated rings. The number of likely N-dealkylation sites (tertiary alicyclic amines) is 1. The summed E-state index contributed by atoms with van der Waals surface area (Å²) >= 11 is 0. The van der Waals surface area contributed by atoms with Crippen LogP contribution in [0.2, 0.25) is 0 Å². The summed E-state index contributed by atoms with van der Waals surface area (Å²) in [7, 11) is 1.38. The number of hydrogen-bond donors (Lipinski definition) is 2. The van der Waals surface area contributed by atoms with Gasteiger partial charge in [0.15, 0.2) is 0 Å². The minimum Gasteiger partial charge on any atom is -0.341 e. The molecular weight excluding hydrogens is 311 g/mol. The SMILES string of the molecule is CNC(=O)NC(=O)CN1CCC[C@@H]1c1ccccc1C(F)(F)F. The fourth-order valence-electron chi connectivity index (χ4n) is 2.83. The third-order valence-corrected chi connectivity index (χ3v) is 3.82. The molecule has 1 atom stereocenters. The molecule has 0 unspecified atom stereocenters. The molecule has 1 saturated heterocycles. The van der Waals surface area contributed by atoms with Crippen molar-refractivity contribution in [3.8, 4) is 0 Å². The largest absolute Gasteiger partial charge is 0.416 e. The minimum absolute atomic E-state index is 0.121. The predicted octanol–water partition coefficient (Wildman–Crippen LogP) is 2.30. The van der Waals surface area contributed by atoms with Gasteiger partial charge in [-0.05, 0) is 31.0 Å². The van der Waals surface area contributed by atoms with Gasteiger partial charge in [0.1, 0.15) is 0 Å². The summed E-state index contributed by atoms with van der Waals surface area (Å²) in [6.07, 6.45) is -3.19. The number of benzene rings is 1. The molecule has 2 N–H and O–H groups in total. The Morgan fingerprint density at radius 1 is 1.30 bits per heavy atom. The van der Waals surface area contributed by atoms with Gasteiger partial charge in [-0.25, -0.2) is 4.79 Å². The Kier molecular flexibility index (Phi) is 5.25. The summed E-state index contributed by atoms with van der Waals surface area (Å²) in [5.41, 5.74) is -0.506. The molecule has 0 saturated carbocycles. The van der Waals surface area contributed by atoms with Crippen LogP contribution in [0.4, 0.5) is 18.0 Å². The van der Waals surface area contributed by atoms with Crippen LogP contribution in [-0.4, -0.2) is 37.0 Å². The molecule has 1 aliphatic rings. The Hall–Kier alpha value is -2.09. The van der Waals surface area contributed by atoms with E-state index in [1.54, 1.807) is 11.0 Å². The van der Waals surface area contributed by atoms with Gasteiger partial charge < -0.3 is 5.32 Å². The maximum absolute atomic E-state index is 13.2. The first-order chi connectivity index (χ1) is 10.8. The van der Waals surface area contributed by atoms with Crippen molar-refractivity contribution in [2.24, 2.45) is 0 Å². The summed E-state index contributed by atoms with van der Waals surface area (Å²) in [4.78, 5) is 24.6. The third kappa shape index (κ3) is 4.22. The summed E-state index contributed by atoms with van der Waals surface area (Å²) in [6, 6.07) is 4.29. The number of carbonyl (C=O) groups is 2. The zero-order valence-corrected chi connectivity index (χ0v) is 12.6. The van der Waals surface area contributed by atoms with E-state index in [9.17, 15) is 22.8 Å². The van der Waals surface area contributed by atoms with Crippen molar-refractivity contribution in [3.63, 3.8) is 0 Å². The fraction of sp³-hybridized carbons (Fsp3) is 0.467. The molecular formula is C15H18F3N3O2. The van der Waals surface area contributed by atoms with Gasteiger partial charge in [0, 0.05) is 13.1 Å². The third-order valence-electron chi connectivity index (χ3n) is 3.82. The van der Waals surface area contributed by atoms with Crippen LogP contribution in [-0.2, 0) is 11.0 Å². The van der Waals surface area contributed by atoms with Gasteiger partial charge in [-0.15, -0.1) is 0 Å². The van der Waals surface area contributed by atoms with Crippen molar-refractivity contribution in [1.29, 1.82) is 0 Å². The Balaban J connectivity index is 2.17. The van der Waals surface area contributed by atoms with Crippen LogP contribution in [0.1, 0.15) is 30.0 Å². The van der Waals surface area contributed by atoms with Gasteiger partial charge in [-0.3, -0.25) is 15.0 Å². The molecule has 1 aromatic carbocycles. The number of carbonyl (C=O) groups excluding carboxylic acids is 2. The van der Waals surface area contributed by atoms with Crippen LogP contribution in [0.3, 0.4) is 0 Å². The van der Waals surface area contributed by atoms with Crippen molar-refractivity contribution in [1.82, 2.24) is 15.5 Å². The first-order valence-corrected chi connectivity index (χ1v) is 7.24. The zero-order valence-electron chi connectivity index (χ0n) is 12.6. The fourth-order valence-corrected chi connectivity index (χ4v) is 2.83. The maximum Gasteiger partial charge on any atom is 0.416 e. The normalized spacial score (nSPS) is 18.7. The second kappa shape index (κ2) is 6.99. The van der Waals surface area contributed by atoms with Crippen LogP contribution in [0, 0.1) is 0 Å². The number of imide groups is 1. The number of rotatable bonds is 3. The molecule has 5 nitrogen and oxygen atoms in total. The highest BCUT2D eigenvalue weighted by atomic mass is 19.4. The molecule has 1 aromatic rings. The molecule has 1 aliphatic heterocycles. The first kappa shape index (κ1) is 17.3. The van der Waals surface area contributed by atoms with Crippen LogP contribution in [0.25, 0.3) is 0 Å². The number of nitrogens with one attached hydrogen (secondary N) is 2. The van der Waals surface area contributed by atoms with E-state index in [4.69, 9.17) is 0 Å². The van der Waals surface area contributed by atoms with Crippen molar-refractivity contribution in [2.75, 3.05) is 20.1 Å². The molecule has 23 heavy (non-hydrogen) atoms. The van der Waals surface area contributed by atoms with Gasteiger partial charge in [-0.2, -0.15) is 13.2 Å². The Bertz CT molecular complexity index is 590. The van der Waals surface area contributed by atoms with E-state index in [0.717, 1.165) is 6.07 Å². The number of hydrogen-bond acceptors (Lipinski definition) is 3. The zero-order chi connectivity index (χ0) is 17.0. The highest BCUT2D eigenvalue weighted by Gasteiger charge is 2.38. The summed E-state index contributed by atoms with van der Waals surface area (Å²) < 4.78 is 39.5. The molecule has 0 aliphatic carbocycles. The van der Waals surface area contributed by atoms with Gasteiger partial charge in [0.2, 0.25) is 5.91 Å². The first-order valence-electron chi connectivity index (χ1n) is 7.24. The van der Waals surface area contributed by atoms with Crippen molar-refractivity contribution in [3.05, 3.63) is 35.4 Å². The number of halogens is 3. The number of amides is 3. The van der Waals surface area contributed by atoms with E-state index in [0.29, 0.717) is 19.4 Å². The molecule has 126 valence electrons. The van der Waals surface area contributed by atoms with E-state index in [1.807, 2.05) is 0 Å². The second-order valence-electron chi connectivity index (χ2n) is 5.34. The number of nitrogens with zero attached hydrogens (tertiary/aromatic N) is 1. The predicted molar refractivity (Wildman–Crippen MR) is 77.6 cm³/mol. The van der Waals surface area contributed by atoms with Gasteiger partial charge >= 0.3 is 12.2 Å². The van der Waals surface area contributed by atoms with Crippen molar-refractivity contribution >= 4 is 11.9 Å². The van der Waals surface area contributed by atoms with E-state index in [2.05, 4.69) is 10.6 Å². The van der Waals surface area contributed by atoms with Crippen LogP contribution in [0.15, 0.2) is 24.3 Å². The van der Waals surface area contributed by atoms with Crippen LogP contribution >= 0.6 is 0 Å². The smallest absolute Gasteiger partial charge is 0.341 e. The second-order valence-corrected chi connectivity index (χ2v) is 5.34. The van der Waals surface area contributed by atoms with E-state index in [1.165, 1.54) is 19.2 Å². The minimum atomic E-state index is -4.44. The molecule has 8 heteroatoms. The topological polar surface area (TPSA) is 61.4 Å². The van der Waals surface area contributed by atoms with E-state index < -0.39 is 29.7 Å². The van der Waals surface area contributed by atoms with Crippen LogP contribution in [0.5, 0.6) is 0 Å². The highest BCUT2D eigenvalue weighted by molar-refractivity contribution is 5.95. The van der Waals surface area contributed by atoms with Gasteiger partial charge in [0.05, 0.1) is 12.1 Å². The summed E-state index contributed by atoms with van der Waals surface area (Å²) in [6.45, 7) is 0.391. The monoisotopic (exact) mass is 329 g/mol. The van der Waals surface area contributed by atoms with Crippen molar-refractivity contribution < 1.29 is 22.8 Å². The lowest BCUT2D eigenvalue weighted by molar-refractivity contribution is -0.138. The number of alkyl halides is 3.